The zero-order valence-corrected chi connectivity index (χ0v) is 16.5. The van der Waals surface area contributed by atoms with E-state index in [4.69, 9.17) is 16.3 Å². The Morgan fingerprint density at radius 2 is 1.96 bits per heavy atom. The number of amides is 1. The topological polar surface area (TPSA) is 38.8 Å². The molecular formula is C19H20ClF2NO3S. The van der Waals surface area contributed by atoms with Gasteiger partial charge in [0, 0.05) is 24.4 Å². The van der Waals surface area contributed by atoms with Gasteiger partial charge in [0.15, 0.2) is 11.5 Å². The SMILES string of the molecule is COc1cc(CN(C)C(=O)CSCc2cccc(Cl)c2)ccc1OC(F)F. The number of carbonyl (C=O) groups is 1. The maximum atomic E-state index is 12.4. The summed E-state index contributed by atoms with van der Waals surface area (Å²) < 4.78 is 34.2. The second-order valence-corrected chi connectivity index (χ2v) is 7.16. The molecule has 0 saturated heterocycles. The van der Waals surface area contributed by atoms with Crippen molar-refractivity contribution < 1.29 is 23.0 Å². The Bertz CT molecular complexity index is 776. The molecule has 0 unspecified atom stereocenters. The number of methoxy groups -OCH3 is 1. The average molecular weight is 416 g/mol. The van der Waals surface area contributed by atoms with Crippen LogP contribution >= 0.6 is 23.4 Å². The van der Waals surface area contributed by atoms with Crippen LogP contribution in [0.1, 0.15) is 11.1 Å². The van der Waals surface area contributed by atoms with Gasteiger partial charge in [0.1, 0.15) is 0 Å². The Morgan fingerprint density at radius 3 is 2.63 bits per heavy atom. The van der Waals surface area contributed by atoms with Crippen LogP contribution < -0.4 is 9.47 Å². The zero-order chi connectivity index (χ0) is 19.8. The molecule has 0 N–H and O–H groups in total. The van der Waals surface area contributed by atoms with E-state index < -0.39 is 6.61 Å². The van der Waals surface area contributed by atoms with Gasteiger partial charge < -0.3 is 14.4 Å². The number of ether oxygens (including phenoxy) is 2. The fraction of sp³-hybridized carbons (Fsp3) is 0.316. The summed E-state index contributed by atoms with van der Waals surface area (Å²) in [5, 5.41) is 0.671. The third-order valence-electron chi connectivity index (χ3n) is 3.67. The van der Waals surface area contributed by atoms with Crippen LogP contribution in [0.5, 0.6) is 11.5 Å². The Morgan fingerprint density at radius 1 is 1.19 bits per heavy atom. The van der Waals surface area contributed by atoms with Crippen molar-refractivity contribution in [2.45, 2.75) is 18.9 Å². The first-order chi connectivity index (χ1) is 12.9. The molecule has 8 heteroatoms. The molecule has 4 nitrogen and oxygen atoms in total. The van der Waals surface area contributed by atoms with Gasteiger partial charge in [0.25, 0.3) is 0 Å². The number of alkyl halides is 2. The third-order valence-corrected chi connectivity index (χ3v) is 4.90. The standard InChI is InChI=1S/C19H20ClF2NO3S/c1-23(18(24)12-27-11-14-4-3-5-15(20)8-14)10-13-6-7-16(26-19(21)22)17(9-13)25-2/h3-9,19H,10-12H2,1-2H3. The second-order valence-electron chi connectivity index (χ2n) is 5.74. The van der Waals surface area contributed by atoms with Crippen LogP contribution in [-0.2, 0) is 17.1 Å². The Labute approximate surface area is 166 Å². The molecule has 2 aromatic carbocycles. The highest BCUT2D eigenvalue weighted by Crippen LogP contribution is 2.29. The molecular weight excluding hydrogens is 396 g/mol. The second kappa shape index (κ2) is 10.4. The molecule has 0 heterocycles. The van der Waals surface area contributed by atoms with Gasteiger partial charge >= 0.3 is 6.61 Å². The van der Waals surface area contributed by atoms with Gasteiger partial charge in [-0.25, -0.2) is 0 Å². The summed E-state index contributed by atoms with van der Waals surface area (Å²) in [6.07, 6.45) is 0. The van der Waals surface area contributed by atoms with Crippen molar-refractivity contribution in [1.82, 2.24) is 4.90 Å². The highest BCUT2D eigenvalue weighted by molar-refractivity contribution is 7.99. The van der Waals surface area contributed by atoms with Crippen LogP contribution in [0.4, 0.5) is 8.78 Å². The van der Waals surface area contributed by atoms with Crippen molar-refractivity contribution in [3.63, 3.8) is 0 Å². The normalized spacial score (nSPS) is 10.7. The Hall–Kier alpha value is -1.99. The molecule has 0 aromatic heterocycles. The number of halogens is 3. The summed E-state index contributed by atoms with van der Waals surface area (Å²) >= 11 is 7.45. The fourth-order valence-electron chi connectivity index (χ4n) is 2.36. The van der Waals surface area contributed by atoms with Crippen LogP contribution in [0.25, 0.3) is 0 Å². The smallest absolute Gasteiger partial charge is 0.387 e. The molecule has 0 saturated carbocycles. The summed E-state index contributed by atoms with van der Waals surface area (Å²) in [6, 6.07) is 12.1. The monoisotopic (exact) mass is 415 g/mol. The Balaban J connectivity index is 1.88. The van der Waals surface area contributed by atoms with E-state index >= 15 is 0 Å². The van der Waals surface area contributed by atoms with E-state index in [1.807, 2.05) is 18.2 Å². The minimum atomic E-state index is -2.93. The number of thioether (sulfide) groups is 1. The van der Waals surface area contributed by atoms with Crippen LogP contribution in [-0.4, -0.2) is 37.3 Å². The summed E-state index contributed by atoms with van der Waals surface area (Å²) in [6.45, 7) is -2.59. The molecule has 0 spiro atoms. The molecule has 1 amide bonds. The van der Waals surface area contributed by atoms with Crippen LogP contribution in [0.3, 0.4) is 0 Å². The van der Waals surface area contributed by atoms with Crippen molar-refractivity contribution in [3.8, 4) is 11.5 Å². The summed E-state index contributed by atoms with van der Waals surface area (Å²) in [5.41, 5.74) is 1.81. The van der Waals surface area contributed by atoms with Crippen molar-refractivity contribution >= 4 is 29.3 Å². The number of hydrogen-bond acceptors (Lipinski definition) is 4. The van der Waals surface area contributed by atoms with E-state index in [2.05, 4.69) is 4.74 Å². The van der Waals surface area contributed by atoms with E-state index in [1.54, 1.807) is 30.1 Å². The van der Waals surface area contributed by atoms with Crippen LogP contribution in [0.2, 0.25) is 5.02 Å². The van der Waals surface area contributed by atoms with Crippen molar-refractivity contribution in [2.75, 3.05) is 19.9 Å². The van der Waals surface area contributed by atoms with Gasteiger partial charge in [-0.05, 0) is 35.4 Å². The van der Waals surface area contributed by atoms with Crippen LogP contribution in [0.15, 0.2) is 42.5 Å². The van der Waals surface area contributed by atoms with E-state index in [0.717, 1.165) is 11.1 Å². The van der Waals surface area contributed by atoms with E-state index in [1.165, 1.54) is 24.9 Å². The lowest BCUT2D eigenvalue weighted by atomic mass is 10.2. The van der Waals surface area contributed by atoms with Gasteiger partial charge in [-0.15, -0.1) is 11.8 Å². The quantitative estimate of drug-likeness (QED) is 0.587. The van der Waals surface area contributed by atoms with Gasteiger partial charge in [-0.3, -0.25) is 4.79 Å². The minimum Gasteiger partial charge on any atom is -0.493 e. The largest absolute Gasteiger partial charge is 0.493 e. The predicted molar refractivity (Wildman–Crippen MR) is 104 cm³/mol. The van der Waals surface area contributed by atoms with E-state index in [-0.39, 0.29) is 17.4 Å². The minimum absolute atomic E-state index is 0.0334. The summed E-state index contributed by atoms with van der Waals surface area (Å²) in [5.74, 6) is 1.14. The van der Waals surface area contributed by atoms with Crippen molar-refractivity contribution in [1.29, 1.82) is 0 Å². The molecule has 0 aliphatic carbocycles. The average Bonchev–Trinajstić information content (AvgIpc) is 2.62. The number of benzene rings is 2. The maximum absolute atomic E-state index is 12.4. The first kappa shape index (κ1) is 21.3. The zero-order valence-electron chi connectivity index (χ0n) is 15.0. The number of carbonyl (C=O) groups excluding carboxylic acids is 1. The predicted octanol–water partition coefficient (Wildman–Crippen LogP) is 4.84. The molecule has 0 aliphatic heterocycles. The van der Waals surface area contributed by atoms with Gasteiger partial charge in [-0.1, -0.05) is 29.8 Å². The molecule has 0 fully saturated rings. The molecule has 0 atom stereocenters. The number of rotatable bonds is 9. The molecule has 146 valence electrons. The van der Waals surface area contributed by atoms with Gasteiger partial charge in [-0.2, -0.15) is 8.78 Å². The van der Waals surface area contributed by atoms with Gasteiger partial charge in [0.2, 0.25) is 5.91 Å². The summed E-state index contributed by atoms with van der Waals surface area (Å²) in [4.78, 5) is 13.9. The maximum Gasteiger partial charge on any atom is 0.387 e. The molecule has 0 bridgehead atoms. The van der Waals surface area contributed by atoms with Crippen LogP contribution in [0, 0.1) is 0 Å². The van der Waals surface area contributed by atoms with Gasteiger partial charge in [0.05, 0.1) is 12.9 Å². The lowest BCUT2D eigenvalue weighted by Gasteiger charge is -2.18. The molecule has 27 heavy (non-hydrogen) atoms. The molecule has 0 radical (unpaired) electrons. The first-order valence-corrected chi connectivity index (χ1v) is 9.60. The third kappa shape index (κ3) is 6.92. The number of hydrogen-bond donors (Lipinski definition) is 0. The molecule has 2 aromatic rings. The fourth-order valence-corrected chi connectivity index (χ4v) is 3.48. The van der Waals surface area contributed by atoms with Crippen molar-refractivity contribution in [3.05, 3.63) is 58.6 Å². The first-order valence-electron chi connectivity index (χ1n) is 8.07. The molecule has 0 aliphatic rings. The van der Waals surface area contributed by atoms with E-state index in [9.17, 15) is 13.6 Å². The van der Waals surface area contributed by atoms with E-state index in [0.29, 0.717) is 23.1 Å². The number of nitrogens with zero attached hydrogens (tertiary/aromatic N) is 1. The highest BCUT2D eigenvalue weighted by Gasteiger charge is 2.14. The van der Waals surface area contributed by atoms with Crippen molar-refractivity contribution in [2.24, 2.45) is 0 Å². The molecule has 2 rings (SSSR count). The lowest BCUT2D eigenvalue weighted by molar-refractivity contribution is -0.127. The lowest BCUT2D eigenvalue weighted by Crippen LogP contribution is -2.27. The Kier molecular flexibility index (Phi) is 8.19. The summed E-state index contributed by atoms with van der Waals surface area (Å²) in [7, 11) is 3.07. The highest BCUT2D eigenvalue weighted by atomic mass is 35.5.